The molecule has 1 aliphatic rings. The zero-order valence-electron chi connectivity index (χ0n) is 22.6. The average Bonchev–Trinajstić information content (AvgIpc) is 3.16. The minimum Gasteiger partial charge on any atom is -0.490 e. The number of benzene rings is 3. The molecule has 0 spiro atoms. The molecule has 0 unspecified atom stereocenters. The smallest absolute Gasteiger partial charge is 0.318 e. The maximum atomic E-state index is 13.0. The Morgan fingerprint density at radius 1 is 0.952 bits per heavy atom. The zero-order valence-corrected chi connectivity index (χ0v) is 23.4. The molecule has 1 heterocycles. The van der Waals surface area contributed by atoms with Crippen LogP contribution in [0, 0.1) is 34.1 Å². The summed E-state index contributed by atoms with van der Waals surface area (Å²) in [7, 11) is 0. The number of nitro benzene ring substituents is 2. The first-order valence-corrected chi connectivity index (χ1v) is 13.3. The highest BCUT2D eigenvalue weighted by Gasteiger charge is 2.36. The lowest BCUT2D eigenvalue weighted by Crippen LogP contribution is -2.36. The fourth-order valence-electron chi connectivity index (χ4n) is 4.11. The van der Waals surface area contributed by atoms with Crippen LogP contribution >= 0.6 is 11.8 Å². The summed E-state index contributed by atoms with van der Waals surface area (Å²) in [6.45, 7) is 5.23. The highest BCUT2D eigenvalue weighted by molar-refractivity contribution is 8.18. The largest absolute Gasteiger partial charge is 0.490 e. The van der Waals surface area contributed by atoms with E-state index in [4.69, 9.17) is 9.47 Å². The number of thioether (sulfide) groups is 1. The summed E-state index contributed by atoms with van der Waals surface area (Å²) in [5, 5.41) is 24.6. The van der Waals surface area contributed by atoms with Crippen LogP contribution in [0.5, 0.6) is 17.2 Å². The number of imide groups is 1. The van der Waals surface area contributed by atoms with Gasteiger partial charge < -0.3 is 14.8 Å². The summed E-state index contributed by atoms with van der Waals surface area (Å²) in [6.07, 6.45) is 1.45. The van der Waals surface area contributed by atoms with Crippen LogP contribution in [0.2, 0.25) is 0 Å². The molecule has 3 amide bonds. The van der Waals surface area contributed by atoms with Crippen LogP contribution in [-0.2, 0) is 9.59 Å². The van der Waals surface area contributed by atoms with Crippen molar-refractivity contribution in [2.24, 2.45) is 0 Å². The van der Waals surface area contributed by atoms with Gasteiger partial charge in [0, 0.05) is 11.8 Å². The van der Waals surface area contributed by atoms with E-state index in [1.165, 1.54) is 24.3 Å². The molecule has 0 atom stereocenters. The molecule has 4 rings (SSSR count). The monoisotopic (exact) mass is 592 g/mol. The van der Waals surface area contributed by atoms with Gasteiger partial charge in [0.15, 0.2) is 11.5 Å². The molecular weight excluding hydrogens is 568 g/mol. The van der Waals surface area contributed by atoms with Gasteiger partial charge in [-0.25, -0.2) is 0 Å². The number of rotatable bonds is 10. The lowest BCUT2D eigenvalue weighted by molar-refractivity contribution is -0.394. The van der Waals surface area contributed by atoms with E-state index in [0.29, 0.717) is 23.0 Å². The number of carbonyl (C=O) groups is 3. The molecule has 42 heavy (non-hydrogen) atoms. The third-order valence-corrected chi connectivity index (χ3v) is 6.72. The second-order valence-electron chi connectivity index (χ2n) is 9.10. The predicted octanol–water partition coefficient (Wildman–Crippen LogP) is 5.99. The van der Waals surface area contributed by atoms with Gasteiger partial charge in [-0.2, -0.15) is 0 Å². The number of nitro groups is 2. The highest BCUT2D eigenvalue weighted by atomic mass is 32.2. The number of carbonyl (C=O) groups excluding carboxylic acids is 3. The Bertz CT molecular complexity index is 1630. The Morgan fingerprint density at radius 3 is 2.29 bits per heavy atom. The number of amides is 3. The zero-order chi connectivity index (χ0) is 30.6. The Morgan fingerprint density at radius 2 is 1.64 bits per heavy atom. The third-order valence-electron chi connectivity index (χ3n) is 5.82. The Balaban J connectivity index is 1.53. The van der Waals surface area contributed by atoms with E-state index in [2.05, 4.69) is 5.32 Å². The molecule has 1 fully saturated rings. The van der Waals surface area contributed by atoms with Crippen molar-refractivity contribution in [1.82, 2.24) is 4.90 Å². The summed E-state index contributed by atoms with van der Waals surface area (Å²) in [5.74, 6) is -1.14. The van der Waals surface area contributed by atoms with Crippen molar-refractivity contribution < 1.29 is 33.7 Å². The van der Waals surface area contributed by atoms with Crippen molar-refractivity contribution >= 4 is 52.0 Å². The van der Waals surface area contributed by atoms with Gasteiger partial charge in [0.1, 0.15) is 6.54 Å². The van der Waals surface area contributed by atoms with Crippen molar-refractivity contribution in [2.45, 2.75) is 20.8 Å². The van der Waals surface area contributed by atoms with E-state index in [0.717, 1.165) is 34.2 Å². The number of anilines is 1. The van der Waals surface area contributed by atoms with Crippen molar-refractivity contribution in [3.63, 3.8) is 0 Å². The molecule has 1 aliphatic heterocycles. The minimum absolute atomic E-state index is 0.0846. The van der Waals surface area contributed by atoms with Gasteiger partial charge in [-0.05, 0) is 85.6 Å². The summed E-state index contributed by atoms with van der Waals surface area (Å²) in [6, 6.07) is 13.0. The van der Waals surface area contributed by atoms with E-state index in [1.807, 2.05) is 19.9 Å². The van der Waals surface area contributed by atoms with E-state index in [1.54, 1.807) is 19.1 Å². The molecular formula is C28H24N4O9S. The number of aryl methyl sites for hydroxylation is 2. The summed E-state index contributed by atoms with van der Waals surface area (Å²) < 4.78 is 11.3. The summed E-state index contributed by atoms with van der Waals surface area (Å²) in [4.78, 5) is 60.0. The van der Waals surface area contributed by atoms with E-state index in [-0.39, 0.29) is 28.8 Å². The van der Waals surface area contributed by atoms with Crippen LogP contribution in [0.3, 0.4) is 0 Å². The van der Waals surface area contributed by atoms with Crippen molar-refractivity contribution in [3.8, 4) is 17.2 Å². The van der Waals surface area contributed by atoms with Gasteiger partial charge in [-0.15, -0.1) is 0 Å². The Hall–Kier alpha value is -5.24. The van der Waals surface area contributed by atoms with Gasteiger partial charge in [-0.1, -0.05) is 12.1 Å². The van der Waals surface area contributed by atoms with Crippen molar-refractivity contribution in [2.75, 3.05) is 18.5 Å². The minimum atomic E-state index is -0.796. The Labute approximate surface area is 243 Å². The number of nitrogens with one attached hydrogen (secondary N) is 1. The maximum absolute atomic E-state index is 13.0. The van der Waals surface area contributed by atoms with Crippen molar-refractivity contribution in [1.29, 1.82) is 0 Å². The van der Waals surface area contributed by atoms with Gasteiger partial charge in [0.25, 0.3) is 16.8 Å². The average molecular weight is 593 g/mol. The van der Waals surface area contributed by atoms with E-state index in [9.17, 15) is 34.6 Å². The molecule has 13 nitrogen and oxygen atoms in total. The van der Waals surface area contributed by atoms with Gasteiger partial charge in [0.05, 0.1) is 27.4 Å². The fourth-order valence-corrected chi connectivity index (χ4v) is 4.95. The SMILES string of the molecule is CCOc1cc(/C=C2/SC(=O)N(CC(=O)Nc3cc(C)cc(C)c3)C2=O)ccc1Oc1ccc([N+](=O)[O-])cc1[N+](=O)[O-]. The third kappa shape index (κ3) is 6.90. The summed E-state index contributed by atoms with van der Waals surface area (Å²) in [5.41, 5.74) is 1.84. The number of hydrogen-bond acceptors (Lipinski definition) is 10. The first-order chi connectivity index (χ1) is 19.9. The second-order valence-corrected chi connectivity index (χ2v) is 10.1. The molecule has 0 saturated carbocycles. The standard InChI is InChI=1S/C28H24N4O9S/c1-4-40-24-12-18(5-7-23(24)41-22-8-6-20(31(36)37)14-21(22)32(38)39)13-25-27(34)30(28(35)42-25)15-26(33)29-19-10-16(2)9-17(3)11-19/h5-14H,4,15H2,1-3H3,(H,29,33)/b25-13+. The van der Waals surface area contributed by atoms with Crippen molar-refractivity contribution in [3.05, 3.63) is 96.4 Å². The molecule has 3 aromatic carbocycles. The molecule has 1 N–H and O–H groups in total. The molecule has 0 aliphatic carbocycles. The number of non-ortho nitro benzene ring substituents is 1. The lowest BCUT2D eigenvalue weighted by atomic mass is 10.1. The first kappa shape index (κ1) is 29.7. The van der Waals surface area contributed by atoms with Crippen LogP contribution in [0.4, 0.5) is 21.9 Å². The number of nitrogens with zero attached hydrogens (tertiary/aromatic N) is 3. The number of ether oxygens (including phenoxy) is 2. The topological polar surface area (TPSA) is 171 Å². The first-order valence-electron chi connectivity index (χ1n) is 12.5. The molecule has 0 radical (unpaired) electrons. The predicted molar refractivity (Wildman–Crippen MR) is 155 cm³/mol. The molecule has 1 saturated heterocycles. The molecule has 216 valence electrons. The Kier molecular flexibility index (Phi) is 8.86. The van der Waals surface area contributed by atoms with Gasteiger partial charge in [0.2, 0.25) is 11.7 Å². The highest BCUT2D eigenvalue weighted by Crippen LogP contribution is 2.39. The fraction of sp³-hybridized carbons (Fsp3) is 0.179. The quantitative estimate of drug-likeness (QED) is 0.168. The number of hydrogen-bond donors (Lipinski definition) is 1. The molecule has 0 bridgehead atoms. The van der Waals surface area contributed by atoms with Gasteiger partial charge >= 0.3 is 5.69 Å². The maximum Gasteiger partial charge on any atom is 0.318 e. The molecule has 14 heteroatoms. The summed E-state index contributed by atoms with van der Waals surface area (Å²) >= 11 is 0.681. The van der Waals surface area contributed by atoms with Crippen LogP contribution in [-0.4, -0.2) is 45.0 Å². The molecule has 3 aromatic rings. The normalized spacial score (nSPS) is 13.8. The van der Waals surface area contributed by atoms with Gasteiger partial charge in [-0.3, -0.25) is 39.5 Å². The van der Waals surface area contributed by atoms with E-state index < -0.39 is 44.8 Å². The van der Waals surface area contributed by atoms with E-state index >= 15 is 0 Å². The van der Waals surface area contributed by atoms with Crippen LogP contribution < -0.4 is 14.8 Å². The van der Waals surface area contributed by atoms with Crippen LogP contribution in [0.25, 0.3) is 6.08 Å². The molecule has 0 aromatic heterocycles. The van der Waals surface area contributed by atoms with Crippen LogP contribution in [0.1, 0.15) is 23.6 Å². The van der Waals surface area contributed by atoms with Crippen LogP contribution in [0.15, 0.2) is 59.5 Å². The second kappa shape index (κ2) is 12.5. The lowest BCUT2D eigenvalue weighted by Gasteiger charge is -2.13.